The Bertz CT molecular complexity index is 672. The molecule has 0 saturated carbocycles. The maximum Gasteiger partial charge on any atom is 0.413 e. The highest BCUT2D eigenvalue weighted by Crippen LogP contribution is 2.30. The molecule has 0 spiro atoms. The number of unbranched alkanes of at least 4 members (excludes halogenated alkanes) is 6. The maximum atomic E-state index is 11.6. The summed E-state index contributed by atoms with van der Waals surface area (Å²) in [6.07, 6.45) is 11.9. The number of aliphatic imine (C=N–C) groups is 1. The molecule has 0 aromatic heterocycles. The quantitative estimate of drug-likeness (QED) is 0.489. The number of guanidine groups is 1. The van der Waals surface area contributed by atoms with Gasteiger partial charge in [-0.25, -0.2) is 4.79 Å². The predicted octanol–water partition coefficient (Wildman–Crippen LogP) is 5.63. The number of likely N-dealkylation sites (N-methyl/N-ethyl adjacent to an activating group) is 1. The molecule has 1 unspecified atom stereocenters. The van der Waals surface area contributed by atoms with Gasteiger partial charge >= 0.3 is 6.09 Å². The van der Waals surface area contributed by atoms with E-state index in [1.807, 2.05) is 7.05 Å². The van der Waals surface area contributed by atoms with Crippen molar-refractivity contribution in [3.63, 3.8) is 0 Å². The van der Waals surface area contributed by atoms with Crippen LogP contribution in [0, 0.1) is 0 Å². The van der Waals surface area contributed by atoms with E-state index in [9.17, 15) is 4.79 Å². The van der Waals surface area contributed by atoms with Gasteiger partial charge in [0.2, 0.25) is 5.96 Å². The molecule has 1 aliphatic rings. The lowest BCUT2D eigenvalue weighted by atomic mass is 9.92. The van der Waals surface area contributed by atoms with Crippen molar-refractivity contribution < 1.29 is 9.53 Å². The molecule has 1 heterocycles. The van der Waals surface area contributed by atoms with Crippen LogP contribution >= 0.6 is 0 Å². The SMILES string of the molecule is CCCCCCc1ccc(CCCCCC)c(C2CN=C(NC(=O)OC)N2C)c1. The fourth-order valence-electron chi connectivity index (χ4n) is 3.97. The number of benzene rings is 1. The summed E-state index contributed by atoms with van der Waals surface area (Å²) in [6, 6.07) is 7.20. The summed E-state index contributed by atoms with van der Waals surface area (Å²) in [5, 5.41) is 2.74. The number of aryl methyl sites for hydroxylation is 2. The van der Waals surface area contributed by atoms with Crippen LogP contribution in [0.1, 0.15) is 87.9 Å². The van der Waals surface area contributed by atoms with Crippen LogP contribution < -0.4 is 5.32 Å². The summed E-state index contributed by atoms with van der Waals surface area (Å²) in [6.45, 7) is 5.16. The van der Waals surface area contributed by atoms with Crippen molar-refractivity contribution in [3.05, 3.63) is 34.9 Å². The minimum absolute atomic E-state index is 0.166. The first-order valence-electron chi connectivity index (χ1n) is 11.3. The van der Waals surface area contributed by atoms with Crippen LogP contribution in [0.2, 0.25) is 0 Å². The molecule has 1 aromatic carbocycles. The third-order valence-electron chi connectivity index (χ3n) is 5.80. The summed E-state index contributed by atoms with van der Waals surface area (Å²) in [4.78, 5) is 18.2. The molecular weight excluding hydrogens is 362 g/mol. The number of methoxy groups -OCH3 is 1. The lowest BCUT2D eigenvalue weighted by Crippen LogP contribution is -2.40. The van der Waals surface area contributed by atoms with Gasteiger partial charge in [0.25, 0.3) is 0 Å². The molecule has 162 valence electrons. The van der Waals surface area contributed by atoms with Crippen LogP contribution in [0.25, 0.3) is 0 Å². The van der Waals surface area contributed by atoms with Crippen LogP contribution in [-0.4, -0.2) is 37.7 Å². The van der Waals surface area contributed by atoms with Crippen molar-refractivity contribution in [2.75, 3.05) is 20.7 Å². The van der Waals surface area contributed by atoms with Gasteiger partial charge in [-0.05, 0) is 42.4 Å². The van der Waals surface area contributed by atoms with Crippen molar-refractivity contribution in [2.45, 2.75) is 84.1 Å². The fourth-order valence-corrected chi connectivity index (χ4v) is 3.97. The van der Waals surface area contributed by atoms with E-state index in [2.05, 4.69) is 47.3 Å². The molecule has 1 amide bonds. The zero-order valence-electron chi connectivity index (χ0n) is 18.8. The number of nitrogens with zero attached hydrogens (tertiary/aromatic N) is 2. The minimum atomic E-state index is -0.472. The number of amides is 1. The summed E-state index contributed by atoms with van der Waals surface area (Å²) >= 11 is 0. The molecule has 0 bridgehead atoms. The van der Waals surface area contributed by atoms with E-state index in [-0.39, 0.29) is 6.04 Å². The highest BCUT2D eigenvalue weighted by Gasteiger charge is 2.29. The zero-order chi connectivity index (χ0) is 21.1. The third kappa shape index (κ3) is 7.06. The van der Waals surface area contributed by atoms with Crippen molar-refractivity contribution in [1.82, 2.24) is 10.2 Å². The lowest BCUT2D eigenvalue weighted by Gasteiger charge is -2.26. The number of carbonyl (C=O) groups excluding carboxylic acids is 1. The van der Waals surface area contributed by atoms with Gasteiger partial charge in [0.1, 0.15) is 0 Å². The summed E-state index contributed by atoms with van der Waals surface area (Å²) in [7, 11) is 3.37. The summed E-state index contributed by atoms with van der Waals surface area (Å²) < 4.78 is 4.73. The minimum Gasteiger partial charge on any atom is -0.453 e. The first-order valence-corrected chi connectivity index (χ1v) is 11.3. The number of alkyl carbamates (subject to hydrolysis) is 1. The van der Waals surface area contributed by atoms with E-state index in [0.29, 0.717) is 12.5 Å². The Morgan fingerprint density at radius 2 is 1.79 bits per heavy atom. The Hall–Kier alpha value is -2.04. The average molecular weight is 402 g/mol. The van der Waals surface area contributed by atoms with Crippen molar-refractivity contribution in [1.29, 1.82) is 0 Å². The van der Waals surface area contributed by atoms with Gasteiger partial charge in [-0.2, -0.15) is 0 Å². The molecule has 0 radical (unpaired) electrons. The van der Waals surface area contributed by atoms with Crippen LogP contribution in [-0.2, 0) is 17.6 Å². The standard InChI is InChI=1S/C24H39N3O2/c1-5-7-9-11-13-19-15-16-20(14-12-10-8-6-2)21(17-19)22-18-25-23(27(22)3)26-24(28)29-4/h15-17,22H,5-14,18H2,1-4H3,(H,25,26,28). The van der Waals surface area contributed by atoms with Crippen molar-refractivity contribution in [3.8, 4) is 0 Å². The monoisotopic (exact) mass is 401 g/mol. The van der Waals surface area contributed by atoms with E-state index in [1.165, 1.54) is 75.2 Å². The Kier molecular flexibility index (Phi) is 10.0. The lowest BCUT2D eigenvalue weighted by molar-refractivity contribution is 0.175. The largest absolute Gasteiger partial charge is 0.453 e. The number of nitrogens with one attached hydrogen (secondary N) is 1. The molecule has 0 saturated heterocycles. The Labute approximate surface area is 176 Å². The average Bonchev–Trinajstić information content (AvgIpc) is 3.09. The van der Waals surface area contributed by atoms with Gasteiger partial charge in [0.05, 0.1) is 19.7 Å². The molecule has 29 heavy (non-hydrogen) atoms. The molecule has 1 aromatic rings. The van der Waals surface area contributed by atoms with Crippen LogP contribution in [0.5, 0.6) is 0 Å². The van der Waals surface area contributed by atoms with E-state index in [0.717, 1.165) is 12.8 Å². The molecule has 5 nitrogen and oxygen atoms in total. The molecule has 0 aliphatic carbocycles. The van der Waals surface area contributed by atoms with Crippen molar-refractivity contribution in [2.24, 2.45) is 4.99 Å². The van der Waals surface area contributed by atoms with Crippen LogP contribution in [0.15, 0.2) is 23.2 Å². The summed E-state index contributed by atoms with van der Waals surface area (Å²) in [5.74, 6) is 0.590. The third-order valence-corrected chi connectivity index (χ3v) is 5.80. The molecule has 1 atom stereocenters. The highest BCUT2D eigenvalue weighted by molar-refractivity contribution is 5.94. The number of hydrogen-bond donors (Lipinski definition) is 1. The Morgan fingerprint density at radius 3 is 2.45 bits per heavy atom. The van der Waals surface area contributed by atoms with Gasteiger partial charge in [-0.3, -0.25) is 10.3 Å². The van der Waals surface area contributed by atoms with Gasteiger partial charge in [-0.1, -0.05) is 70.6 Å². The van der Waals surface area contributed by atoms with Crippen molar-refractivity contribution >= 4 is 12.1 Å². The smallest absolute Gasteiger partial charge is 0.413 e. The van der Waals surface area contributed by atoms with Gasteiger partial charge in [0.15, 0.2) is 0 Å². The topological polar surface area (TPSA) is 53.9 Å². The number of hydrogen-bond acceptors (Lipinski definition) is 4. The molecule has 1 N–H and O–H groups in total. The molecular formula is C24H39N3O2. The highest BCUT2D eigenvalue weighted by atomic mass is 16.5. The first kappa shape index (κ1) is 23.2. The van der Waals surface area contributed by atoms with E-state index in [1.54, 1.807) is 0 Å². The van der Waals surface area contributed by atoms with Crippen LogP contribution in [0.4, 0.5) is 4.79 Å². The number of ether oxygens (including phenoxy) is 1. The number of carbonyl (C=O) groups is 1. The Morgan fingerprint density at radius 1 is 1.10 bits per heavy atom. The van der Waals surface area contributed by atoms with Gasteiger partial charge < -0.3 is 9.64 Å². The number of rotatable bonds is 11. The molecule has 5 heteroatoms. The van der Waals surface area contributed by atoms with E-state index >= 15 is 0 Å². The van der Waals surface area contributed by atoms with E-state index in [4.69, 9.17) is 4.74 Å². The second kappa shape index (κ2) is 12.5. The second-order valence-corrected chi connectivity index (χ2v) is 8.06. The first-order chi connectivity index (χ1) is 14.1. The zero-order valence-corrected chi connectivity index (χ0v) is 18.8. The second-order valence-electron chi connectivity index (χ2n) is 8.06. The molecule has 2 rings (SSSR count). The van der Waals surface area contributed by atoms with Gasteiger partial charge in [-0.15, -0.1) is 0 Å². The maximum absolute atomic E-state index is 11.6. The molecule has 0 fully saturated rings. The fraction of sp³-hybridized carbons (Fsp3) is 0.667. The molecule has 1 aliphatic heterocycles. The van der Waals surface area contributed by atoms with Crippen LogP contribution in [0.3, 0.4) is 0 Å². The van der Waals surface area contributed by atoms with E-state index < -0.39 is 6.09 Å². The normalized spacial score (nSPS) is 16.1. The predicted molar refractivity (Wildman–Crippen MR) is 120 cm³/mol. The van der Waals surface area contributed by atoms with Gasteiger partial charge in [0, 0.05) is 7.05 Å². The summed E-state index contributed by atoms with van der Waals surface area (Å²) in [5.41, 5.74) is 4.20. The Balaban J connectivity index is 2.13.